The molecule has 1 rings (SSSR count). The van der Waals surface area contributed by atoms with Crippen molar-refractivity contribution in [1.82, 2.24) is 0 Å². The Morgan fingerprint density at radius 2 is 2.24 bits per heavy atom. The van der Waals surface area contributed by atoms with Crippen LogP contribution in [0, 0.1) is 11.8 Å². The third-order valence-electron chi connectivity index (χ3n) is 2.12. The molecule has 0 radical (unpaired) electrons. The van der Waals surface area contributed by atoms with Crippen molar-refractivity contribution < 1.29 is 19.7 Å². The molecule has 4 heteroatoms. The highest BCUT2D eigenvalue weighted by molar-refractivity contribution is 5.71. The summed E-state index contributed by atoms with van der Waals surface area (Å²) in [6.45, 7) is -0.00870. The van der Waals surface area contributed by atoms with Crippen molar-refractivity contribution >= 4 is 5.97 Å². The zero-order valence-electron chi connectivity index (χ0n) is 9.56. The van der Waals surface area contributed by atoms with Gasteiger partial charge in [-0.3, -0.25) is 4.79 Å². The maximum atomic E-state index is 10.7. The van der Waals surface area contributed by atoms with E-state index in [2.05, 4.69) is 11.8 Å². The molecule has 0 spiro atoms. The lowest BCUT2D eigenvalue weighted by Crippen LogP contribution is -2.02. The van der Waals surface area contributed by atoms with Crippen LogP contribution in [-0.4, -0.2) is 29.9 Å². The lowest BCUT2D eigenvalue weighted by Gasteiger charge is -2.05. The number of ether oxygens (including phenoxy) is 1. The molecule has 4 nitrogen and oxygen atoms in total. The Labute approximate surface area is 99.8 Å². The van der Waals surface area contributed by atoms with E-state index >= 15 is 0 Å². The summed E-state index contributed by atoms with van der Waals surface area (Å²) in [6, 6.07) is 5.09. The quantitative estimate of drug-likeness (QED) is 0.764. The second kappa shape index (κ2) is 6.56. The molecule has 1 aromatic rings. The molecule has 0 aliphatic carbocycles. The summed E-state index contributed by atoms with van der Waals surface area (Å²) < 4.78 is 5.06. The van der Waals surface area contributed by atoms with Crippen molar-refractivity contribution in [2.24, 2.45) is 0 Å². The first-order chi connectivity index (χ1) is 8.17. The third-order valence-corrected chi connectivity index (χ3v) is 2.12. The molecule has 0 atom stereocenters. The summed E-state index contributed by atoms with van der Waals surface area (Å²) in [7, 11) is 1.54. The maximum absolute atomic E-state index is 10.7. The summed E-state index contributed by atoms with van der Waals surface area (Å²) >= 11 is 0. The van der Waals surface area contributed by atoms with E-state index < -0.39 is 5.97 Å². The van der Waals surface area contributed by atoms with Crippen molar-refractivity contribution in [1.29, 1.82) is 0 Å². The van der Waals surface area contributed by atoms with Crippen LogP contribution in [-0.2, 0) is 11.2 Å². The van der Waals surface area contributed by atoms with Gasteiger partial charge >= 0.3 is 5.97 Å². The first kappa shape index (κ1) is 13.1. The maximum Gasteiger partial charge on any atom is 0.307 e. The predicted molar refractivity (Wildman–Crippen MR) is 62.9 cm³/mol. The van der Waals surface area contributed by atoms with Crippen molar-refractivity contribution in [3.05, 3.63) is 29.3 Å². The summed E-state index contributed by atoms with van der Waals surface area (Å²) in [4.78, 5) is 10.7. The van der Waals surface area contributed by atoms with Crippen LogP contribution < -0.4 is 4.74 Å². The summed E-state index contributed by atoms with van der Waals surface area (Å²) in [5.41, 5.74) is 1.27. The fraction of sp³-hybridized carbons (Fsp3) is 0.308. The number of hydrogen-bond acceptors (Lipinski definition) is 3. The van der Waals surface area contributed by atoms with Crippen LogP contribution in [0.25, 0.3) is 0 Å². The molecule has 0 bridgehead atoms. The Morgan fingerprint density at radius 3 is 2.82 bits per heavy atom. The highest BCUT2D eigenvalue weighted by atomic mass is 16.5. The first-order valence-corrected chi connectivity index (χ1v) is 5.16. The molecule has 0 aliphatic rings. The predicted octanol–water partition coefficient (Wildman–Crippen LogP) is 1.06. The number of carboxylic acid groups (broad SMARTS) is 1. The van der Waals surface area contributed by atoms with Crippen molar-refractivity contribution in [2.45, 2.75) is 12.8 Å². The van der Waals surface area contributed by atoms with Gasteiger partial charge in [-0.15, -0.1) is 0 Å². The molecule has 0 saturated carbocycles. The fourth-order valence-corrected chi connectivity index (χ4v) is 1.33. The van der Waals surface area contributed by atoms with Gasteiger partial charge in [0, 0.05) is 12.0 Å². The van der Waals surface area contributed by atoms with E-state index in [4.69, 9.17) is 14.9 Å². The number of rotatable bonds is 4. The highest BCUT2D eigenvalue weighted by Gasteiger charge is 2.06. The van der Waals surface area contributed by atoms with Crippen LogP contribution in [0.1, 0.15) is 17.5 Å². The van der Waals surface area contributed by atoms with Gasteiger partial charge < -0.3 is 14.9 Å². The van der Waals surface area contributed by atoms with E-state index in [0.29, 0.717) is 23.3 Å². The zero-order chi connectivity index (χ0) is 12.7. The molecular formula is C13H14O4. The largest absolute Gasteiger partial charge is 0.497 e. The minimum atomic E-state index is -0.902. The minimum absolute atomic E-state index is 0.00870. The minimum Gasteiger partial charge on any atom is -0.497 e. The molecule has 0 saturated heterocycles. The van der Waals surface area contributed by atoms with Crippen LogP contribution in [0.3, 0.4) is 0 Å². The Balaban J connectivity index is 3.03. The summed E-state index contributed by atoms with van der Waals surface area (Å²) in [6.07, 6.45) is 0.289. The van der Waals surface area contributed by atoms with Crippen LogP contribution in [0.15, 0.2) is 18.2 Å². The second-order valence-electron chi connectivity index (χ2n) is 3.37. The average Bonchev–Trinajstić information content (AvgIpc) is 2.30. The van der Waals surface area contributed by atoms with Crippen LogP contribution in [0.2, 0.25) is 0 Å². The number of aliphatic hydroxyl groups is 1. The molecule has 0 unspecified atom stereocenters. The average molecular weight is 234 g/mol. The molecule has 1 aromatic carbocycles. The van der Waals surface area contributed by atoms with E-state index in [1.54, 1.807) is 18.2 Å². The lowest BCUT2D eigenvalue weighted by molar-refractivity contribution is -0.136. The van der Waals surface area contributed by atoms with Crippen LogP contribution in [0.4, 0.5) is 0 Å². The number of carboxylic acids is 1. The SMILES string of the molecule is COc1ccc(CC(=O)O)c(C#CCCO)c1. The fourth-order valence-electron chi connectivity index (χ4n) is 1.33. The van der Waals surface area contributed by atoms with E-state index in [1.807, 2.05) is 0 Å². The molecule has 2 N–H and O–H groups in total. The zero-order valence-corrected chi connectivity index (χ0v) is 9.56. The molecular weight excluding hydrogens is 220 g/mol. The molecule has 17 heavy (non-hydrogen) atoms. The number of hydrogen-bond donors (Lipinski definition) is 2. The van der Waals surface area contributed by atoms with Crippen LogP contribution >= 0.6 is 0 Å². The van der Waals surface area contributed by atoms with Crippen molar-refractivity contribution in [3.8, 4) is 17.6 Å². The first-order valence-electron chi connectivity index (χ1n) is 5.16. The van der Waals surface area contributed by atoms with E-state index in [1.165, 1.54) is 7.11 Å². The van der Waals surface area contributed by atoms with Gasteiger partial charge in [0.25, 0.3) is 0 Å². The van der Waals surface area contributed by atoms with E-state index in [-0.39, 0.29) is 13.0 Å². The molecule has 0 aliphatic heterocycles. The third kappa shape index (κ3) is 4.17. The Kier molecular flexibility index (Phi) is 5.05. The molecule has 0 aromatic heterocycles. The standard InChI is InChI=1S/C13H14O4/c1-17-12-6-5-11(9-13(15)16)10(8-12)4-2-3-7-14/h5-6,8,14H,3,7,9H2,1H3,(H,15,16). The molecule has 0 fully saturated rings. The van der Waals surface area contributed by atoms with Crippen molar-refractivity contribution in [2.75, 3.05) is 13.7 Å². The molecule has 0 amide bonds. The summed E-state index contributed by atoms with van der Waals surface area (Å²) in [5.74, 6) is 5.34. The smallest absolute Gasteiger partial charge is 0.307 e. The van der Waals surface area contributed by atoms with Gasteiger partial charge in [0.05, 0.1) is 20.1 Å². The number of methoxy groups -OCH3 is 1. The summed E-state index contributed by atoms with van der Waals surface area (Å²) in [5, 5.41) is 17.4. The van der Waals surface area contributed by atoms with Gasteiger partial charge in [-0.2, -0.15) is 0 Å². The number of aliphatic carboxylic acids is 1. The van der Waals surface area contributed by atoms with Crippen molar-refractivity contribution in [3.63, 3.8) is 0 Å². The number of aliphatic hydroxyl groups excluding tert-OH is 1. The van der Waals surface area contributed by atoms with Gasteiger partial charge in [0.2, 0.25) is 0 Å². The Hall–Kier alpha value is -1.99. The second-order valence-corrected chi connectivity index (χ2v) is 3.37. The lowest BCUT2D eigenvalue weighted by atomic mass is 10.0. The molecule has 0 heterocycles. The van der Waals surface area contributed by atoms with Gasteiger partial charge in [-0.05, 0) is 17.7 Å². The van der Waals surface area contributed by atoms with Crippen LogP contribution in [0.5, 0.6) is 5.75 Å². The topological polar surface area (TPSA) is 66.8 Å². The highest BCUT2D eigenvalue weighted by Crippen LogP contribution is 2.17. The Morgan fingerprint density at radius 1 is 1.47 bits per heavy atom. The van der Waals surface area contributed by atoms with Gasteiger partial charge in [-0.1, -0.05) is 17.9 Å². The van der Waals surface area contributed by atoms with Gasteiger partial charge in [0.1, 0.15) is 5.75 Å². The monoisotopic (exact) mass is 234 g/mol. The van der Waals surface area contributed by atoms with Gasteiger partial charge in [0.15, 0.2) is 0 Å². The molecule has 90 valence electrons. The Bertz CT molecular complexity index is 454. The van der Waals surface area contributed by atoms with Gasteiger partial charge in [-0.25, -0.2) is 0 Å². The number of benzene rings is 1. The normalized spacial score (nSPS) is 9.29. The van der Waals surface area contributed by atoms with E-state index in [0.717, 1.165) is 0 Å². The van der Waals surface area contributed by atoms with E-state index in [9.17, 15) is 4.79 Å². The number of carbonyl (C=O) groups is 1.